The Morgan fingerprint density at radius 3 is 1.22 bits per heavy atom. The minimum absolute atomic E-state index is 1.19. The lowest BCUT2D eigenvalue weighted by atomic mass is 10.5. The summed E-state index contributed by atoms with van der Waals surface area (Å²) in [6.45, 7) is 10.1. The van der Waals surface area contributed by atoms with Gasteiger partial charge in [0.1, 0.15) is 0 Å². The van der Waals surface area contributed by atoms with E-state index in [0.717, 1.165) is 0 Å². The lowest BCUT2D eigenvalue weighted by molar-refractivity contribution is -0.0441. The topological polar surface area (TPSA) is 23.5 Å². The summed E-state index contributed by atoms with van der Waals surface area (Å²) in [7, 11) is 0. The van der Waals surface area contributed by atoms with Gasteiger partial charge in [-0.2, -0.15) is 0 Å². The van der Waals surface area contributed by atoms with Crippen molar-refractivity contribution < 1.29 is 9.84 Å². The zero-order valence-electron chi connectivity index (χ0n) is 6.39. The molecule has 0 heterocycles. The van der Waals surface area contributed by atoms with E-state index in [2.05, 4.69) is 25.7 Å². The highest BCUT2D eigenvalue weighted by atomic mass is 19.3. The molecule has 9 heavy (non-hydrogen) atoms. The molecular weight excluding hydrogens is 121 g/mol. The summed E-state index contributed by atoms with van der Waals surface area (Å²) in [4.78, 5) is 2.38. The molecule has 0 aliphatic rings. The van der Waals surface area contributed by atoms with Crippen LogP contribution in [0.1, 0.15) is 20.8 Å². The lowest BCUT2D eigenvalue weighted by Gasteiger charge is -2.13. The fourth-order valence-corrected chi connectivity index (χ4v) is 0.671. The summed E-state index contributed by atoms with van der Waals surface area (Å²) in [5.74, 6) is 0. The third-order valence-electron chi connectivity index (χ3n) is 1.34. The Morgan fingerprint density at radius 1 is 1.00 bits per heavy atom. The number of hydrogen-bond acceptors (Lipinski definition) is 2. The van der Waals surface area contributed by atoms with Crippen LogP contribution in [0.2, 0.25) is 0 Å². The van der Waals surface area contributed by atoms with Crippen LogP contribution in [-0.2, 0) is 0 Å². The predicted octanol–water partition coefficient (Wildman–Crippen LogP) is 1.21. The van der Waals surface area contributed by atoms with Crippen LogP contribution < -0.4 is 0 Å². The van der Waals surface area contributed by atoms with E-state index < -0.39 is 0 Å². The average Bonchev–Trinajstić information content (AvgIpc) is 1.96. The molecule has 0 aromatic rings. The molecule has 0 amide bonds. The van der Waals surface area contributed by atoms with Crippen molar-refractivity contribution in [3.63, 3.8) is 0 Å². The number of hydrogen-bond donors (Lipinski definition) is 1. The molecule has 2 nitrogen and oxygen atoms in total. The molecule has 0 atom stereocenters. The van der Waals surface area contributed by atoms with Crippen LogP contribution in [0.5, 0.6) is 0 Å². The fraction of sp³-hybridized carbons (Fsp3) is 1.00. The van der Waals surface area contributed by atoms with Crippen LogP contribution >= 0.6 is 0 Å². The summed E-state index contributed by atoms with van der Waals surface area (Å²) < 4.78 is 8.50. The Bertz CT molecular complexity index is 34.5. The molecule has 0 radical (unpaired) electrons. The maximum absolute atomic E-state index is 8.50. The molecule has 0 fully saturated rings. The van der Waals surface area contributed by atoms with E-state index >= 15 is 0 Å². The van der Waals surface area contributed by atoms with Gasteiger partial charge in [-0.3, -0.25) is 0 Å². The Morgan fingerprint density at radius 2 is 1.22 bits per heavy atom. The van der Waals surface area contributed by atoms with Gasteiger partial charge < -0.3 is 4.90 Å². The molecule has 0 aliphatic heterocycles. The number of nitrogens with zero attached hydrogens (tertiary/aromatic N) is 1. The highest BCUT2D eigenvalue weighted by Gasteiger charge is 1.89. The first kappa shape index (κ1) is 11.6. The quantitative estimate of drug-likeness (QED) is 0.632. The van der Waals surface area contributed by atoms with Crippen molar-refractivity contribution in [2.24, 2.45) is 0 Å². The van der Waals surface area contributed by atoms with Crippen LogP contribution in [0.15, 0.2) is 0 Å². The fourth-order valence-electron chi connectivity index (χ4n) is 0.671. The molecule has 58 valence electrons. The van der Waals surface area contributed by atoms with Crippen molar-refractivity contribution in [1.29, 1.82) is 0 Å². The minimum Gasteiger partial charge on any atom is -0.304 e. The summed E-state index contributed by atoms with van der Waals surface area (Å²) in [5, 5.41) is 5.50. The van der Waals surface area contributed by atoms with Gasteiger partial charge in [-0.05, 0) is 19.6 Å². The SMILES string of the molecule is CCN(CC)CC.OF. The van der Waals surface area contributed by atoms with Crippen molar-refractivity contribution >= 4 is 0 Å². The molecule has 0 bridgehead atoms. The third-order valence-corrected chi connectivity index (χ3v) is 1.34. The van der Waals surface area contributed by atoms with E-state index in [0.29, 0.717) is 0 Å². The van der Waals surface area contributed by atoms with Crippen LogP contribution in [0, 0.1) is 0 Å². The zero-order valence-corrected chi connectivity index (χ0v) is 6.39. The first-order chi connectivity index (χ1) is 4.35. The van der Waals surface area contributed by atoms with Crippen LogP contribution in [-0.4, -0.2) is 29.8 Å². The average molecular weight is 137 g/mol. The van der Waals surface area contributed by atoms with Gasteiger partial charge in [-0.1, -0.05) is 25.3 Å². The molecule has 0 spiro atoms. The van der Waals surface area contributed by atoms with Gasteiger partial charge in [-0.15, -0.1) is 0 Å². The Kier molecular flexibility index (Phi) is 13.9. The van der Waals surface area contributed by atoms with Gasteiger partial charge in [0.2, 0.25) is 0 Å². The maximum Gasteiger partial charge on any atom is -0.00474 e. The molecule has 0 rings (SSSR count). The molecule has 0 unspecified atom stereocenters. The highest BCUT2D eigenvalue weighted by molar-refractivity contribution is 4.43. The van der Waals surface area contributed by atoms with Crippen molar-refractivity contribution in [1.82, 2.24) is 4.90 Å². The molecule has 3 heteroatoms. The van der Waals surface area contributed by atoms with E-state index in [4.69, 9.17) is 9.84 Å². The summed E-state index contributed by atoms with van der Waals surface area (Å²) in [6, 6.07) is 0. The second kappa shape index (κ2) is 10.8. The lowest BCUT2D eigenvalue weighted by Crippen LogP contribution is -2.21. The van der Waals surface area contributed by atoms with Crippen molar-refractivity contribution in [3.8, 4) is 0 Å². The van der Waals surface area contributed by atoms with E-state index in [1.54, 1.807) is 0 Å². The summed E-state index contributed by atoms with van der Waals surface area (Å²) >= 11 is 0. The molecular formula is C6H16FNO. The van der Waals surface area contributed by atoms with Crippen molar-refractivity contribution in [2.45, 2.75) is 20.8 Å². The second-order valence-electron chi connectivity index (χ2n) is 1.62. The highest BCUT2D eigenvalue weighted by Crippen LogP contribution is 1.81. The van der Waals surface area contributed by atoms with Gasteiger partial charge in [0, 0.05) is 0 Å². The smallest absolute Gasteiger partial charge is 0.00474 e. The van der Waals surface area contributed by atoms with Crippen LogP contribution in [0.3, 0.4) is 0 Å². The normalized spacial score (nSPS) is 8.67. The molecule has 0 saturated heterocycles. The standard InChI is InChI=1S/C6H15N.FHO/c1-4-7(5-2)6-3;1-2/h4-6H2,1-3H3;2H. The summed E-state index contributed by atoms with van der Waals surface area (Å²) in [5.41, 5.74) is 0. The van der Waals surface area contributed by atoms with Crippen molar-refractivity contribution in [3.05, 3.63) is 0 Å². The van der Waals surface area contributed by atoms with E-state index in [1.807, 2.05) is 0 Å². The van der Waals surface area contributed by atoms with Crippen molar-refractivity contribution in [2.75, 3.05) is 19.6 Å². The first-order valence-corrected chi connectivity index (χ1v) is 3.24. The molecule has 1 N–H and O–H groups in total. The zero-order chi connectivity index (χ0) is 7.70. The number of rotatable bonds is 3. The second-order valence-corrected chi connectivity index (χ2v) is 1.62. The Hall–Kier alpha value is -0.150. The van der Waals surface area contributed by atoms with Gasteiger partial charge >= 0.3 is 0 Å². The van der Waals surface area contributed by atoms with Gasteiger partial charge in [0.15, 0.2) is 0 Å². The maximum atomic E-state index is 8.50. The number of halogens is 1. The van der Waals surface area contributed by atoms with E-state index in [-0.39, 0.29) is 0 Å². The van der Waals surface area contributed by atoms with Gasteiger partial charge in [-0.25, -0.2) is 5.31 Å². The van der Waals surface area contributed by atoms with Crippen LogP contribution in [0.4, 0.5) is 4.53 Å². The van der Waals surface area contributed by atoms with Gasteiger partial charge in [0.25, 0.3) is 0 Å². The Balaban J connectivity index is 0. The molecule has 0 aromatic heterocycles. The largest absolute Gasteiger partial charge is 0.304 e. The first-order valence-electron chi connectivity index (χ1n) is 3.24. The van der Waals surface area contributed by atoms with Crippen LogP contribution in [0.25, 0.3) is 0 Å². The Labute approximate surface area is 56.2 Å². The minimum atomic E-state index is 1.19. The molecule has 0 aromatic carbocycles. The third kappa shape index (κ3) is 7.85. The predicted molar refractivity (Wildman–Crippen MR) is 36.8 cm³/mol. The van der Waals surface area contributed by atoms with Gasteiger partial charge in [0.05, 0.1) is 0 Å². The molecule has 0 saturated carbocycles. The molecule has 0 aliphatic carbocycles. The van der Waals surface area contributed by atoms with E-state index in [9.17, 15) is 0 Å². The van der Waals surface area contributed by atoms with E-state index in [1.165, 1.54) is 19.6 Å². The monoisotopic (exact) mass is 137 g/mol. The summed E-state index contributed by atoms with van der Waals surface area (Å²) in [6.07, 6.45) is 0.